The van der Waals surface area contributed by atoms with Crippen molar-refractivity contribution in [1.82, 2.24) is 9.62 Å². The van der Waals surface area contributed by atoms with Crippen molar-refractivity contribution in [2.24, 2.45) is 5.92 Å². The third kappa shape index (κ3) is 5.49. The molecule has 1 aliphatic rings. The molecule has 1 heterocycles. The highest BCUT2D eigenvalue weighted by Crippen LogP contribution is 2.26. The van der Waals surface area contributed by atoms with E-state index in [4.69, 9.17) is 0 Å². The number of carbonyl (C=O) groups excluding carboxylic acids is 1. The van der Waals surface area contributed by atoms with Crippen LogP contribution >= 0.6 is 0 Å². The van der Waals surface area contributed by atoms with Crippen LogP contribution < -0.4 is 5.32 Å². The summed E-state index contributed by atoms with van der Waals surface area (Å²) in [6.07, 6.45) is 2.92. The zero-order chi connectivity index (χ0) is 21.7. The first-order valence-corrected chi connectivity index (χ1v) is 12.1. The number of amides is 1. The van der Waals surface area contributed by atoms with Gasteiger partial charge in [-0.1, -0.05) is 48.0 Å². The van der Waals surface area contributed by atoms with Gasteiger partial charge in [0.15, 0.2) is 0 Å². The van der Waals surface area contributed by atoms with Gasteiger partial charge in [0.1, 0.15) is 0 Å². The highest BCUT2D eigenvalue weighted by atomic mass is 32.2. The molecule has 0 bridgehead atoms. The zero-order valence-corrected chi connectivity index (χ0v) is 18.9. The molecule has 0 aliphatic carbocycles. The second kappa shape index (κ2) is 9.75. The zero-order valence-electron chi connectivity index (χ0n) is 18.1. The van der Waals surface area contributed by atoms with E-state index in [1.165, 1.54) is 9.87 Å². The Morgan fingerprint density at radius 2 is 1.77 bits per heavy atom. The molecule has 0 radical (unpaired) electrons. The lowest BCUT2D eigenvalue weighted by Crippen LogP contribution is -2.45. The van der Waals surface area contributed by atoms with Crippen LogP contribution in [-0.4, -0.2) is 37.8 Å². The highest BCUT2D eigenvalue weighted by Gasteiger charge is 2.33. The molecule has 0 saturated carbocycles. The quantitative estimate of drug-likeness (QED) is 0.729. The van der Waals surface area contributed by atoms with E-state index in [0.717, 1.165) is 24.0 Å². The molecule has 1 aliphatic heterocycles. The number of hydrogen-bond donors (Lipinski definition) is 1. The standard InChI is InChI=1S/C24H32N2O3S/c1-18-9-12-23(19(2)17-18)30(28,29)26-15-13-22(14-16-26)24(27)25-20(3)10-11-21-7-5-4-6-8-21/h4-9,12,17,20,22H,10-11,13-16H2,1-3H3,(H,25,27)/t20-/m1/s1. The first-order valence-electron chi connectivity index (χ1n) is 10.7. The van der Waals surface area contributed by atoms with Gasteiger partial charge in [0.05, 0.1) is 4.90 Å². The fraction of sp³-hybridized carbons (Fsp3) is 0.458. The van der Waals surface area contributed by atoms with E-state index in [1.54, 1.807) is 6.07 Å². The number of benzene rings is 2. The van der Waals surface area contributed by atoms with Crippen molar-refractivity contribution < 1.29 is 13.2 Å². The number of aryl methyl sites for hydroxylation is 3. The Morgan fingerprint density at radius 1 is 1.10 bits per heavy atom. The molecule has 1 saturated heterocycles. The highest BCUT2D eigenvalue weighted by molar-refractivity contribution is 7.89. The molecular formula is C24H32N2O3S. The van der Waals surface area contributed by atoms with E-state index in [2.05, 4.69) is 17.4 Å². The number of sulfonamides is 1. The maximum atomic E-state index is 13.0. The SMILES string of the molecule is Cc1ccc(S(=O)(=O)N2CCC(C(=O)N[C@H](C)CCc3ccccc3)CC2)c(C)c1. The number of nitrogens with zero attached hydrogens (tertiary/aromatic N) is 1. The van der Waals surface area contributed by atoms with Gasteiger partial charge < -0.3 is 5.32 Å². The number of rotatable bonds is 7. The molecule has 2 aromatic carbocycles. The lowest BCUT2D eigenvalue weighted by atomic mass is 9.96. The van der Waals surface area contributed by atoms with Crippen molar-refractivity contribution in [1.29, 1.82) is 0 Å². The van der Waals surface area contributed by atoms with Gasteiger partial charge in [-0.25, -0.2) is 8.42 Å². The minimum absolute atomic E-state index is 0.0409. The first-order chi connectivity index (χ1) is 14.3. The Morgan fingerprint density at radius 3 is 2.40 bits per heavy atom. The smallest absolute Gasteiger partial charge is 0.243 e. The summed E-state index contributed by atoms with van der Waals surface area (Å²) < 4.78 is 27.6. The molecule has 1 amide bonds. The van der Waals surface area contributed by atoms with Crippen LogP contribution in [0.25, 0.3) is 0 Å². The van der Waals surface area contributed by atoms with Gasteiger partial charge in [0, 0.05) is 25.0 Å². The lowest BCUT2D eigenvalue weighted by molar-refractivity contribution is -0.126. The van der Waals surface area contributed by atoms with Crippen LogP contribution in [-0.2, 0) is 21.2 Å². The predicted octanol–water partition coefficient (Wildman–Crippen LogP) is 3.84. The second-order valence-corrected chi connectivity index (χ2v) is 10.3. The molecule has 0 unspecified atom stereocenters. The van der Waals surface area contributed by atoms with Gasteiger partial charge in [0.2, 0.25) is 15.9 Å². The van der Waals surface area contributed by atoms with Gasteiger partial charge >= 0.3 is 0 Å². The summed E-state index contributed by atoms with van der Waals surface area (Å²) in [6, 6.07) is 15.8. The van der Waals surface area contributed by atoms with Gasteiger partial charge in [-0.3, -0.25) is 4.79 Å². The van der Waals surface area contributed by atoms with Gasteiger partial charge in [-0.2, -0.15) is 4.31 Å². The fourth-order valence-corrected chi connectivity index (χ4v) is 5.72. The van der Waals surface area contributed by atoms with Crippen molar-refractivity contribution >= 4 is 15.9 Å². The molecule has 1 N–H and O–H groups in total. The normalized spacial score (nSPS) is 16.9. The van der Waals surface area contributed by atoms with E-state index in [9.17, 15) is 13.2 Å². The average Bonchev–Trinajstić information content (AvgIpc) is 2.73. The molecule has 30 heavy (non-hydrogen) atoms. The summed E-state index contributed by atoms with van der Waals surface area (Å²) >= 11 is 0. The fourth-order valence-electron chi connectivity index (χ4n) is 4.05. The molecule has 0 spiro atoms. The summed E-state index contributed by atoms with van der Waals surface area (Å²) in [6.45, 7) is 6.57. The van der Waals surface area contributed by atoms with E-state index in [1.807, 2.05) is 51.1 Å². The maximum Gasteiger partial charge on any atom is 0.243 e. The topological polar surface area (TPSA) is 66.5 Å². The molecule has 1 fully saturated rings. The number of hydrogen-bond acceptors (Lipinski definition) is 3. The molecule has 1 atom stereocenters. The molecule has 162 valence electrons. The van der Waals surface area contributed by atoms with E-state index >= 15 is 0 Å². The minimum Gasteiger partial charge on any atom is -0.353 e. The molecule has 6 heteroatoms. The molecule has 5 nitrogen and oxygen atoms in total. The van der Waals surface area contributed by atoms with E-state index in [0.29, 0.717) is 30.8 Å². The lowest BCUT2D eigenvalue weighted by Gasteiger charge is -2.31. The van der Waals surface area contributed by atoms with Crippen molar-refractivity contribution in [2.75, 3.05) is 13.1 Å². The number of piperidine rings is 1. The maximum absolute atomic E-state index is 13.0. The van der Waals surface area contributed by atoms with Crippen LogP contribution in [0.3, 0.4) is 0 Å². The van der Waals surface area contributed by atoms with Crippen LogP contribution in [0.5, 0.6) is 0 Å². The Labute approximate surface area is 180 Å². The molecule has 3 rings (SSSR count). The van der Waals surface area contributed by atoms with Crippen LogP contribution in [0, 0.1) is 19.8 Å². The van der Waals surface area contributed by atoms with Gasteiger partial charge in [-0.05, 0) is 63.6 Å². The van der Waals surface area contributed by atoms with Crippen molar-refractivity contribution in [2.45, 2.75) is 57.4 Å². The van der Waals surface area contributed by atoms with Crippen molar-refractivity contribution in [3.05, 3.63) is 65.2 Å². The Kier molecular flexibility index (Phi) is 7.32. The number of carbonyl (C=O) groups is 1. The van der Waals surface area contributed by atoms with E-state index in [-0.39, 0.29) is 17.9 Å². The Bertz CT molecular complexity index is 965. The minimum atomic E-state index is -3.52. The van der Waals surface area contributed by atoms with Gasteiger partial charge in [-0.15, -0.1) is 0 Å². The monoisotopic (exact) mass is 428 g/mol. The number of nitrogens with one attached hydrogen (secondary N) is 1. The molecule has 2 aromatic rings. The van der Waals surface area contributed by atoms with Crippen molar-refractivity contribution in [3.63, 3.8) is 0 Å². The largest absolute Gasteiger partial charge is 0.353 e. The molecule has 0 aromatic heterocycles. The van der Waals surface area contributed by atoms with Crippen LogP contribution in [0.15, 0.2) is 53.4 Å². The van der Waals surface area contributed by atoms with Crippen LogP contribution in [0.4, 0.5) is 0 Å². The van der Waals surface area contributed by atoms with Crippen LogP contribution in [0.1, 0.15) is 42.9 Å². The summed E-state index contributed by atoms with van der Waals surface area (Å²) in [7, 11) is -3.52. The Hall–Kier alpha value is -2.18. The molecular weight excluding hydrogens is 396 g/mol. The van der Waals surface area contributed by atoms with Crippen LogP contribution in [0.2, 0.25) is 0 Å². The third-order valence-corrected chi connectivity index (χ3v) is 7.93. The van der Waals surface area contributed by atoms with E-state index < -0.39 is 10.0 Å². The third-order valence-electron chi connectivity index (χ3n) is 5.87. The average molecular weight is 429 g/mol. The first kappa shape index (κ1) is 22.5. The van der Waals surface area contributed by atoms with Gasteiger partial charge in [0.25, 0.3) is 0 Å². The Balaban J connectivity index is 1.51. The van der Waals surface area contributed by atoms with Crippen molar-refractivity contribution in [3.8, 4) is 0 Å². The second-order valence-electron chi connectivity index (χ2n) is 8.38. The summed E-state index contributed by atoms with van der Waals surface area (Å²) in [5, 5.41) is 3.11. The summed E-state index contributed by atoms with van der Waals surface area (Å²) in [5.74, 6) is -0.0890. The predicted molar refractivity (Wildman–Crippen MR) is 120 cm³/mol. The summed E-state index contributed by atoms with van der Waals surface area (Å²) in [5.41, 5.74) is 3.08. The summed E-state index contributed by atoms with van der Waals surface area (Å²) in [4.78, 5) is 13.0.